The molecule has 3 rings (SSSR count). The monoisotopic (exact) mass is 347 g/mol. The number of nitrogens with zero attached hydrogens (tertiary/aromatic N) is 1. The van der Waals surface area contributed by atoms with Crippen LogP contribution in [0.15, 0.2) is 48.5 Å². The highest BCUT2D eigenvalue weighted by Crippen LogP contribution is 2.43. The van der Waals surface area contributed by atoms with Crippen LogP contribution in [0.5, 0.6) is 5.75 Å². The number of hydrogen-bond donors (Lipinski definition) is 0. The fourth-order valence-electron chi connectivity index (χ4n) is 2.69. The molecule has 0 bridgehead atoms. The molecule has 1 aliphatic heterocycles. The van der Waals surface area contributed by atoms with Crippen LogP contribution in [0.25, 0.3) is 0 Å². The van der Waals surface area contributed by atoms with Crippen LogP contribution in [0.4, 0.5) is 0 Å². The zero-order valence-electron chi connectivity index (χ0n) is 12.9. The van der Waals surface area contributed by atoms with E-state index in [0.717, 1.165) is 16.9 Å². The second kappa shape index (κ2) is 7.28. The maximum Gasteiger partial charge on any atom is 0.234 e. The highest BCUT2D eigenvalue weighted by atomic mass is 35.5. The number of ether oxygens (including phenoxy) is 1. The second-order valence-electron chi connectivity index (χ2n) is 5.29. The van der Waals surface area contributed by atoms with Gasteiger partial charge in [-0.2, -0.15) is 0 Å². The van der Waals surface area contributed by atoms with Crippen LogP contribution >= 0.6 is 23.4 Å². The molecule has 0 spiro atoms. The van der Waals surface area contributed by atoms with Gasteiger partial charge in [-0.3, -0.25) is 4.79 Å². The van der Waals surface area contributed by atoms with Crippen LogP contribution in [0.3, 0.4) is 0 Å². The van der Waals surface area contributed by atoms with Gasteiger partial charge in [0.15, 0.2) is 0 Å². The Kier molecular flexibility index (Phi) is 5.13. The molecule has 2 aromatic carbocycles. The van der Waals surface area contributed by atoms with E-state index in [1.807, 2.05) is 60.4 Å². The van der Waals surface area contributed by atoms with Crippen molar-refractivity contribution >= 4 is 29.3 Å². The van der Waals surface area contributed by atoms with Crippen LogP contribution < -0.4 is 4.74 Å². The Morgan fingerprint density at radius 1 is 1.26 bits per heavy atom. The van der Waals surface area contributed by atoms with Gasteiger partial charge in [-0.25, -0.2) is 0 Å². The third-order valence-electron chi connectivity index (χ3n) is 3.69. The number of thioether (sulfide) groups is 1. The van der Waals surface area contributed by atoms with Crippen molar-refractivity contribution in [3.63, 3.8) is 0 Å². The van der Waals surface area contributed by atoms with Gasteiger partial charge in [0.2, 0.25) is 5.91 Å². The minimum absolute atomic E-state index is 0.0239. The topological polar surface area (TPSA) is 29.5 Å². The Morgan fingerprint density at radius 3 is 2.87 bits per heavy atom. The van der Waals surface area contributed by atoms with Crippen molar-refractivity contribution in [1.82, 2.24) is 4.90 Å². The molecule has 0 N–H and O–H groups in total. The van der Waals surface area contributed by atoms with Gasteiger partial charge in [0.1, 0.15) is 11.1 Å². The molecule has 1 fully saturated rings. The van der Waals surface area contributed by atoms with Gasteiger partial charge >= 0.3 is 0 Å². The van der Waals surface area contributed by atoms with Crippen LogP contribution in [0, 0.1) is 0 Å². The quantitative estimate of drug-likeness (QED) is 0.796. The van der Waals surface area contributed by atoms with E-state index in [2.05, 4.69) is 0 Å². The van der Waals surface area contributed by atoms with Crippen molar-refractivity contribution in [2.45, 2.75) is 18.8 Å². The molecule has 1 aliphatic rings. The van der Waals surface area contributed by atoms with Crippen LogP contribution in [-0.2, 0) is 11.3 Å². The second-order valence-corrected chi connectivity index (χ2v) is 6.79. The van der Waals surface area contributed by atoms with Crippen molar-refractivity contribution in [2.24, 2.45) is 0 Å². The summed E-state index contributed by atoms with van der Waals surface area (Å²) in [6.45, 7) is 3.13. The minimum Gasteiger partial charge on any atom is -0.493 e. The van der Waals surface area contributed by atoms with Gasteiger partial charge in [0.05, 0.1) is 12.4 Å². The number of halogens is 1. The van der Waals surface area contributed by atoms with E-state index < -0.39 is 0 Å². The van der Waals surface area contributed by atoms with Crippen LogP contribution in [-0.4, -0.2) is 23.2 Å². The summed E-state index contributed by atoms with van der Waals surface area (Å²) >= 11 is 7.70. The summed E-state index contributed by atoms with van der Waals surface area (Å²) in [5.74, 6) is 1.48. The first-order chi connectivity index (χ1) is 11.2. The summed E-state index contributed by atoms with van der Waals surface area (Å²) in [6.07, 6.45) is 0. The van der Waals surface area contributed by atoms with Crippen molar-refractivity contribution in [3.8, 4) is 5.75 Å². The lowest BCUT2D eigenvalue weighted by atomic mass is 10.1. The van der Waals surface area contributed by atoms with E-state index in [1.54, 1.807) is 11.8 Å². The summed E-state index contributed by atoms with van der Waals surface area (Å²) in [5, 5.41) is 0.664. The molecule has 1 heterocycles. The molecule has 0 aromatic heterocycles. The van der Waals surface area contributed by atoms with E-state index in [4.69, 9.17) is 16.3 Å². The first-order valence-electron chi connectivity index (χ1n) is 7.56. The molecule has 120 valence electrons. The largest absolute Gasteiger partial charge is 0.493 e. The molecule has 0 saturated carbocycles. The summed E-state index contributed by atoms with van der Waals surface area (Å²) in [7, 11) is 0. The summed E-state index contributed by atoms with van der Waals surface area (Å²) in [6, 6.07) is 15.6. The average Bonchev–Trinajstić information content (AvgIpc) is 2.89. The highest BCUT2D eigenvalue weighted by Gasteiger charge is 2.34. The molecule has 23 heavy (non-hydrogen) atoms. The number of carbonyl (C=O) groups excluding carboxylic acids is 1. The lowest BCUT2D eigenvalue weighted by Gasteiger charge is -2.26. The zero-order valence-corrected chi connectivity index (χ0v) is 14.4. The number of para-hydroxylation sites is 1. The lowest BCUT2D eigenvalue weighted by molar-refractivity contribution is -0.128. The Labute approximate surface area is 145 Å². The van der Waals surface area contributed by atoms with Crippen LogP contribution in [0.1, 0.15) is 23.4 Å². The van der Waals surface area contributed by atoms with E-state index >= 15 is 0 Å². The Bertz CT molecular complexity index is 707. The van der Waals surface area contributed by atoms with Crippen LogP contribution in [0.2, 0.25) is 5.02 Å². The lowest BCUT2D eigenvalue weighted by Crippen LogP contribution is -2.27. The highest BCUT2D eigenvalue weighted by molar-refractivity contribution is 8.00. The maximum atomic E-state index is 12.3. The van der Waals surface area contributed by atoms with Crippen molar-refractivity contribution in [3.05, 3.63) is 64.7 Å². The standard InChI is InChI=1S/C18H18ClNO2S/c1-2-22-16-9-4-3-8-15(16)18-20(17(21)12-23-18)11-13-6-5-7-14(19)10-13/h3-10,18H,2,11-12H2,1H3. The Balaban J connectivity index is 1.88. The van der Waals surface area contributed by atoms with Crippen molar-refractivity contribution in [2.75, 3.05) is 12.4 Å². The third kappa shape index (κ3) is 3.65. The normalized spacial score (nSPS) is 17.6. The van der Waals surface area contributed by atoms with Crippen molar-refractivity contribution in [1.29, 1.82) is 0 Å². The SMILES string of the molecule is CCOc1ccccc1C1SCC(=O)N1Cc1cccc(Cl)c1. The molecule has 1 amide bonds. The molecule has 3 nitrogen and oxygen atoms in total. The summed E-state index contributed by atoms with van der Waals surface area (Å²) < 4.78 is 5.73. The first kappa shape index (κ1) is 16.2. The number of amides is 1. The van der Waals surface area contributed by atoms with Gasteiger partial charge in [0, 0.05) is 17.1 Å². The molecule has 1 atom stereocenters. The predicted molar refractivity (Wildman–Crippen MR) is 94.8 cm³/mol. The van der Waals surface area contributed by atoms with Crippen molar-refractivity contribution < 1.29 is 9.53 Å². The van der Waals surface area contributed by atoms with Gasteiger partial charge < -0.3 is 9.64 Å². The van der Waals surface area contributed by atoms with Gasteiger partial charge in [0.25, 0.3) is 0 Å². The Morgan fingerprint density at radius 2 is 2.09 bits per heavy atom. The van der Waals surface area contributed by atoms with Gasteiger partial charge in [-0.1, -0.05) is 41.9 Å². The van der Waals surface area contributed by atoms with Gasteiger partial charge in [-0.15, -0.1) is 11.8 Å². The molecular weight excluding hydrogens is 330 g/mol. The molecule has 0 aliphatic carbocycles. The number of carbonyl (C=O) groups is 1. The smallest absolute Gasteiger partial charge is 0.234 e. The first-order valence-corrected chi connectivity index (χ1v) is 8.99. The van der Waals surface area contributed by atoms with E-state index in [0.29, 0.717) is 23.9 Å². The molecule has 2 aromatic rings. The van der Waals surface area contributed by atoms with E-state index in [-0.39, 0.29) is 11.3 Å². The predicted octanol–water partition coefficient (Wildman–Crippen LogP) is 4.51. The average molecular weight is 348 g/mol. The molecule has 1 unspecified atom stereocenters. The zero-order chi connectivity index (χ0) is 16.2. The van der Waals surface area contributed by atoms with E-state index in [1.165, 1.54) is 0 Å². The molecule has 1 saturated heterocycles. The minimum atomic E-state index is -0.0239. The molecular formula is C18H18ClNO2S. The Hall–Kier alpha value is -1.65. The maximum absolute atomic E-state index is 12.3. The fraction of sp³-hybridized carbons (Fsp3) is 0.278. The summed E-state index contributed by atoms with van der Waals surface area (Å²) in [5.41, 5.74) is 2.08. The number of benzene rings is 2. The number of hydrogen-bond acceptors (Lipinski definition) is 3. The van der Waals surface area contributed by atoms with E-state index in [9.17, 15) is 4.79 Å². The fourth-order valence-corrected chi connectivity index (χ4v) is 4.11. The molecule has 5 heteroatoms. The summed E-state index contributed by atoms with van der Waals surface area (Å²) in [4.78, 5) is 14.2. The molecule has 0 radical (unpaired) electrons. The van der Waals surface area contributed by atoms with Gasteiger partial charge in [-0.05, 0) is 30.7 Å². The number of rotatable bonds is 5. The third-order valence-corrected chi connectivity index (χ3v) is 5.17.